The van der Waals surface area contributed by atoms with Crippen LogP contribution in [0.1, 0.15) is 23.7 Å². The molecule has 15 heavy (non-hydrogen) atoms. The number of aliphatic hydroxyl groups is 1. The Morgan fingerprint density at radius 2 is 2.47 bits per heavy atom. The zero-order valence-corrected chi connectivity index (χ0v) is 8.63. The van der Waals surface area contributed by atoms with E-state index < -0.39 is 6.10 Å². The molecule has 0 bridgehead atoms. The third-order valence-corrected chi connectivity index (χ3v) is 2.39. The molecule has 0 aliphatic carbocycles. The van der Waals surface area contributed by atoms with Crippen molar-refractivity contribution >= 4 is 0 Å². The maximum atomic E-state index is 9.79. The van der Waals surface area contributed by atoms with E-state index in [1.165, 1.54) is 0 Å². The molecule has 4 nitrogen and oxygen atoms in total. The molecule has 2 aromatic heterocycles. The summed E-state index contributed by atoms with van der Waals surface area (Å²) in [5.41, 5.74) is 1.97. The van der Waals surface area contributed by atoms with Gasteiger partial charge in [-0.3, -0.25) is 4.68 Å². The summed E-state index contributed by atoms with van der Waals surface area (Å²) < 4.78 is 6.68. The fraction of sp³-hybridized carbons (Fsp3) is 0.364. The van der Waals surface area contributed by atoms with Gasteiger partial charge in [0.05, 0.1) is 24.8 Å². The lowest BCUT2D eigenvalue weighted by atomic mass is 10.1. The van der Waals surface area contributed by atoms with E-state index >= 15 is 0 Å². The van der Waals surface area contributed by atoms with Gasteiger partial charge < -0.3 is 9.52 Å². The monoisotopic (exact) mass is 206 g/mol. The molecular formula is C11H14N2O2. The molecule has 0 spiro atoms. The zero-order chi connectivity index (χ0) is 10.7. The van der Waals surface area contributed by atoms with Crippen LogP contribution in [0.2, 0.25) is 0 Å². The second kappa shape index (κ2) is 4.31. The maximum Gasteiger partial charge on any atom is 0.0960 e. The summed E-state index contributed by atoms with van der Waals surface area (Å²) in [6.45, 7) is 0. The molecule has 0 saturated carbocycles. The summed E-state index contributed by atoms with van der Waals surface area (Å²) in [7, 11) is 1.88. The van der Waals surface area contributed by atoms with Crippen molar-refractivity contribution in [1.29, 1.82) is 0 Å². The lowest BCUT2D eigenvalue weighted by molar-refractivity contribution is 0.167. The van der Waals surface area contributed by atoms with E-state index in [1.807, 2.05) is 19.4 Å². The van der Waals surface area contributed by atoms with Gasteiger partial charge in [-0.05, 0) is 24.5 Å². The fourth-order valence-electron chi connectivity index (χ4n) is 1.54. The van der Waals surface area contributed by atoms with Gasteiger partial charge in [0.15, 0.2) is 0 Å². The van der Waals surface area contributed by atoms with Crippen LogP contribution in [0.4, 0.5) is 0 Å². The van der Waals surface area contributed by atoms with E-state index in [-0.39, 0.29) is 0 Å². The van der Waals surface area contributed by atoms with E-state index in [9.17, 15) is 5.11 Å². The molecule has 0 saturated heterocycles. The minimum atomic E-state index is -0.455. The summed E-state index contributed by atoms with van der Waals surface area (Å²) in [6.07, 6.45) is 7.98. The smallest absolute Gasteiger partial charge is 0.0960 e. The summed E-state index contributed by atoms with van der Waals surface area (Å²) >= 11 is 0. The van der Waals surface area contributed by atoms with Crippen molar-refractivity contribution in [3.05, 3.63) is 42.1 Å². The highest BCUT2D eigenvalue weighted by Gasteiger charge is 2.09. The summed E-state index contributed by atoms with van der Waals surface area (Å²) in [5, 5.41) is 13.9. The van der Waals surface area contributed by atoms with Gasteiger partial charge in [0, 0.05) is 18.8 Å². The van der Waals surface area contributed by atoms with E-state index in [2.05, 4.69) is 5.10 Å². The van der Waals surface area contributed by atoms with Crippen LogP contribution >= 0.6 is 0 Å². The standard InChI is InChI=1S/C11H14N2O2/c1-13-7-9(6-12-13)2-3-11(14)10-4-5-15-8-10/h4-8,11,14H,2-3H2,1H3. The largest absolute Gasteiger partial charge is 0.472 e. The molecule has 0 amide bonds. The number of nitrogens with zero attached hydrogens (tertiary/aromatic N) is 2. The molecular weight excluding hydrogens is 192 g/mol. The highest BCUT2D eigenvalue weighted by atomic mass is 16.3. The SMILES string of the molecule is Cn1cc(CCC(O)c2ccoc2)cn1. The lowest BCUT2D eigenvalue weighted by Gasteiger charge is -2.06. The molecule has 2 rings (SSSR count). The number of aryl methyl sites for hydroxylation is 2. The number of hydrogen-bond acceptors (Lipinski definition) is 3. The van der Waals surface area contributed by atoms with Gasteiger partial charge in [-0.1, -0.05) is 0 Å². The van der Waals surface area contributed by atoms with Crippen LogP contribution in [0.3, 0.4) is 0 Å². The molecule has 2 aromatic rings. The van der Waals surface area contributed by atoms with Crippen molar-refractivity contribution in [1.82, 2.24) is 9.78 Å². The highest BCUT2D eigenvalue weighted by Crippen LogP contribution is 2.18. The maximum absolute atomic E-state index is 9.79. The highest BCUT2D eigenvalue weighted by molar-refractivity contribution is 5.11. The molecule has 0 radical (unpaired) electrons. The topological polar surface area (TPSA) is 51.2 Å². The molecule has 1 atom stereocenters. The Kier molecular flexibility index (Phi) is 2.87. The summed E-state index contributed by atoms with van der Waals surface area (Å²) in [6, 6.07) is 1.79. The predicted molar refractivity (Wildman–Crippen MR) is 55.2 cm³/mol. The van der Waals surface area contributed by atoms with Crippen molar-refractivity contribution in [3.8, 4) is 0 Å². The first kappa shape index (κ1) is 9.98. The molecule has 0 aromatic carbocycles. The second-order valence-electron chi connectivity index (χ2n) is 3.63. The number of hydrogen-bond donors (Lipinski definition) is 1. The second-order valence-corrected chi connectivity index (χ2v) is 3.63. The minimum absolute atomic E-state index is 0.455. The van der Waals surface area contributed by atoms with Crippen LogP contribution in [-0.4, -0.2) is 14.9 Å². The van der Waals surface area contributed by atoms with Crippen LogP contribution in [-0.2, 0) is 13.5 Å². The Balaban J connectivity index is 1.88. The van der Waals surface area contributed by atoms with Crippen molar-refractivity contribution in [2.45, 2.75) is 18.9 Å². The van der Waals surface area contributed by atoms with Gasteiger partial charge >= 0.3 is 0 Å². The van der Waals surface area contributed by atoms with Crippen molar-refractivity contribution in [2.75, 3.05) is 0 Å². The van der Waals surface area contributed by atoms with Crippen LogP contribution in [0.25, 0.3) is 0 Å². The molecule has 1 unspecified atom stereocenters. The predicted octanol–water partition coefficient (Wildman–Crippen LogP) is 1.68. The van der Waals surface area contributed by atoms with E-state index in [1.54, 1.807) is 23.3 Å². The molecule has 0 fully saturated rings. The Morgan fingerprint density at radius 1 is 1.60 bits per heavy atom. The third-order valence-electron chi connectivity index (χ3n) is 2.39. The molecule has 80 valence electrons. The average Bonchev–Trinajstić information content (AvgIpc) is 2.84. The van der Waals surface area contributed by atoms with Gasteiger partial charge in [-0.25, -0.2) is 0 Å². The van der Waals surface area contributed by atoms with Crippen LogP contribution in [0, 0.1) is 0 Å². The summed E-state index contributed by atoms with van der Waals surface area (Å²) in [5.74, 6) is 0. The normalized spacial score (nSPS) is 12.9. The third kappa shape index (κ3) is 2.47. The van der Waals surface area contributed by atoms with Gasteiger partial charge in [0.2, 0.25) is 0 Å². The van der Waals surface area contributed by atoms with Crippen molar-refractivity contribution in [2.24, 2.45) is 7.05 Å². The van der Waals surface area contributed by atoms with Crippen LogP contribution < -0.4 is 0 Å². The Hall–Kier alpha value is -1.55. The molecule has 2 heterocycles. The fourth-order valence-corrected chi connectivity index (χ4v) is 1.54. The van der Waals surface area contributed by atoms with E-state index in [4.69, 9.17) is 4.42 Å². The first-order chi connectivity index (χ1) is 7.25. The molecule has 0 aliphatic heterocycles. The van der Waals surface area contributed by atoms with Crippen LogP contribution in [0.15, 0.2) is 35.4 Å². The Labute approximate surface area is 88.1 Å². The number of aromatic nitrogens is 2. The summed E-state index contributed by atoms with van der Waals surface area (Å²) in [4.78, 5) is 0. The van der Waals surface area contributed by atoms with Gasteiger partial charge in [0.1, 0.15) is 0 Å². The first-order valence-corrected chi connectivity index (χ1v) is 4.93. The number of rotatable bonds is 4. The molecule has 1 N–H and O–H groups in total. The number of aliphatic hydroxyl groups excluding tert-OH is 1. The Morgan fingerprint density at radius 3 is 3.07 bits per heavy atom. The lowest BCUT2D eigenvalue weighted by Crippen LogP contribution is -1.97. The van der Waals surface area contributed by atoms with Gasteiger partial charge in [0.25, 0.3) is 0 Å². The zero-order valence-electron chi connectivity index (χ0n) is 8.63. The quantitative estimate of drug-likeness (QED) is 0.828. The number of furan rings is 1. The van der Waals surface area contributed by atoms with Crippen LogP contribution in [0.5, 0.6) is 0 Å². The molecule has 4 heteroatoms. The Bertz CT molecular complexity index is 406. The average molecular weight is 206 g/mol. The molecule has 0 aliphatic rings. The van der Waals surface area contributed by atoms with Crippen molar-refractivity contribution < 1.29 is 9.52 Å². The van der Waals surface area contributed by atoms with E-state index in [0.29, 0.717) is 6.42 Å². The minimum Gasteiger partial charge on any atom is -0.472 e. The van der Waals surface area contributed by atoms with Crippen molar-refractivity contribution in [3.63, 3.8) is 0 Å². The first-order valence-electron chi connectivity index (χ1n) is 4.93. The van der Waals surface area contributed by atoms with E-state index in [0.717, 1.165) is 17.5 Å². The van der Waals surface area contributed by atoms with Gasteiger partial charge in [-0.2, -0.15) is 5.10 Å². The van der Waals surface area contributed by atoms with Gasteiger partial charge in [-0.15, -0.1) is 0 Å².